The lowest BCUT2D eigenvalue weighted by Crippen LogP contribution is -2.45. The highest BCUT2D eigenvalue weighted by Gasteiger charge is 2.26. The third-order valence-electron chi connectivity index (χ3n) is 3.69. The minimum atomic E-state index is -0.245. The molecule has 1 aliphatic heterocycles. The maximum atomic E-state index is 12.5. The summed E-state index contributed by atoms with van der Waals surface area (Å²) in [4.78, 5) is 33.5. The summed E-state index contributed by atoms with van der Waals surface area (Å²) in [5, 5.41) is 4.01. The van der Waals surface area contributed by atoms with Crippen molar-refractivity contribution in [2.75, 3.05) is 13.1 Å². The van der Waals surface area contributed by atoms with Crippen LogP contribution in [0.25, 0.3) is 0 Å². The van der Waals surface area contributed by atoms with Crippen LogP contribution in [0.5, 0.6) is 5.88 Å². The van der Waals surface area contributed by atoms with Gasteiger partial charge in [0.2, 0.25) is 5.88 Å². The second-order valence-corrected chi connectivity index (χ2v) is 5.36. The van der Waals surface area contributed by atoms with Gasteiger partial charge in [0, 0.05) is 31.9 Å². The van der Waals surface area contributed by atoms with Crippen LogP contribution in [0.2, 0.25) is 0 Å². The van der Waals surface area contributed by atoms with Gasteiger partial charge in [-0.25, -0.2) is 14.6 Å². The van der Waals surface area contributed by atoms with Crippen LogP contribution < -0.4 is 10.3 Å². The van der Waals surface area contributed by atoms with Gasteiger partial charge in [0.05, 0.1) is 6.54 Å². The van der Waals surface area contributed by atoms with E-state index in [1.807, 2.05) is 0 Å². The van der Waals surface area contributed by atoms with Gasteiger partial charge in [-0.3, -0.25) is 9.59 Å². The fourth-order valence-corrected chi connectivity index (χ4v) is 2.52. The standard InChI is InChI=1S/C15H17N5O3/c1-19-14(21)5-4-12(18-19)15(22)20-8-2-3-11(9-20)23-13-6-7-16-10-17-13/h4-7,10-11H,2-3,8-9H2,1H3. The first-order valence-corrected chi connectivity index (χ1v) is 7.40. The Bertz CT molecular complexity index is 746. The first-order valence-electron chi connectivity index (χ1n) is 7.40. The summed E-state index contributed by atoms with van der Waals surface area (Å²) in [6.07, 6.45) is 4.62. The van der Waals surface area contributed by atoms with E-state index in [0.29, 0.717) is 19.0 Å². The molecule has 1 atom stereocenters. The van der Waals surface area contributed by atoms with E-state index in [9.17, 15) is 9.59 Å². The minimum absolute atomic E-state index is 0.116. The largest absolute Gasteiger partial charge is 0.472 e. The summed E-state index contributed by atoms with van der Waals surface area (Å²) in [6, 6.07) is 4.49. The molecule has 2 aromatic rings. The molecule has 0 spiro atoms. The number of rotatable bonds is 3. The van der Waals surface area contributed by atoms with Crippen molar-refractivity contribution < 1.29 is 9.53 Å². The quantitative estimate of drug-likeness (QED) is 0.806. The van der Waals surface area contributed by atoms with Crippen LogP contribution in [0.3, 0.4) is 0 Å². The summed E-state index contributed by atoms with van der Waals surface area (Å²) in [5.41, 5.74) is 0.0138. The summed E-state index contributed by atoms with van der Waals surface area (Å²) >= 11 is 0. The predicted molar refractivity (Wildman–Crippen MR) is 81.1 cm³/mol. The van der Waals surface area contributed by atoms with Gasteiger partial charge in [-0.1, -0.05) is 0 Å². The highest BCUT2D eigenvalue weighted by Crippen LogP contribution is 2.17. The van der Waals surface area contributed by atoms with Crippen LogP contribution in [-0.4, -0.2) is 49.7 Å². The van der Waals surface area contributed by atoms with E-state index in [2.05, 4.69) is 15.1 Å². The Labute approximate surface area is 132 Å². The molecule has 0 N–H and O–H groups in total. The number of piperidine rings is 1. The average molecular weight is 315 g/mol. The number of hydrogen-bond acceptors (Lipinski definition) is 6. The maximum Gasteiger partial charge on any atom is 0.274 e. The molecule has 0 saturated carbocycles. The molecule has 3 heterocycles. The molecule has 2 aromatic heterocycles. The SMILES string of the molecule is Cn1nc(C(=O)N2CCCC(Oc3ccncn3)C2)ccc1=O. The Morgan fingerprint density at radius 1 is 1.35 bits per heavy atom. The second-order valence-electron chi connectivity index (χ2n) is 5.36. The van der Waals surface area contributed by atoms with E-state index in [-0.39, 0.29) is 23.3 Å². The highest BCUT2D eigenvalue weighted by atomic mass is 16.5. The van der Waals surface area contributed by atoms with Crippen molar-refractivity contribution in [3.63, 3.8) is 0 Å². The molecule has 23 heavy (non-hydrogen) atoms. The lowest BCUT2D eigenvalue weighted by molar-refractivity contribution is 0.0520. The van der Waals surface area contributed by atoms with E-state index in [4.69, 9.17) is 4.74 Å². The molecule has 0 aliphatic carbocycles. The average Bonchev–Trinajstić information content (AvgIpc) is 2.58. The Morgan fingerprint density at radius 2 is 2.22 bits per heavy atom. The van der Waals surface area contributed by atoms with Crippen LogP contribution >= 0.6 is 0 Å². The molecular formula is C15H17N5O3. The molecule has 3 rings (SSSR count). The topological polar surface area (TPSA) is 90.2 Å². The molecule has 0 radical (unpaired) electrons. The zero-order valence-corrected chi connectivity index (χ0v) is 12.8. The van der Waals surface area contributed by atoms with Gasteiger partial charge in [0.15, 0.2) is 0 Å². The van der Waals surface area contributed by atoms with Gasteiger partial charge < -0.3 is 9.64 Å². The zero-order chi connectivity index (χ0) is 16.2. The molecule has 8 nitrogen and oxygen atoms in total. The molecule has 1 fully saturated rings. The van der Waals surface area contributed by atoms with Gasteiger partial charge in [-0.15, -0.1) is 0 Å². The molecule has 8 heteroatoms. The lowest BCUT2D eigenvalue weighted by Gasteiger charge is -2.32. The monoisotopic (exact) mass is 315 g/mol. The van der Waals surface area contributed by atoms with E-state index < -0.39 is 0 Å². The molecular weight excluding hydrogens is 298 g/mol. The summed E-state index contributed by atoms with van der Waals surface area (Å²) in [5.74, 6) is 0.302. The molecule has 1 saturated heterocycles. The number of ether oxygens (including phenoxy) is 1. The third-order valence-corrected chi connectivity index (χ3v) is 3.69. The van der Waals surface area contributed by atoms with Crippen LogP contribution in [0, 0.1) is 0 Å². The van der Waals surface area contributed by atoms with Crippen molar-refractivity contribution in [3.8, 4) is 5.88 Å². The van der Waals surface area contributed by atoms with Crippen molar-refractivity contribution in [3.05, 3.63) is 46.8 Å². The van der Waals surface area contributed by atoms with Gasteiger partial charge in [-0.05, 0) is 18.9 Å². The Balaban J connectivity index is 1.69. The van der Waals surface area contributed by atoms with Crippen molar-refractivity contribution in [2.24, 2.45) is 7.05 Å². The normalized spacial score (nSPS) is 17.8. The highest BCUT2D eigenvalue weighted by molar-refractivity contribution is 5.92. The Kier molecular flexibility index (Phi) is 4.31. The fourth-order valence-electron chi connectivity index (χ4n) is 2.52. The number of carbonyl (C=O) groups is 1. The van der Waals surface area contributed by atoms with Crippen molar-refractivity contribution in [2.45, 2.75) is 18.9 Å². The van der Waals surface area contributed by atoms with Gasteiger partial charge >= 0.3 is 0 Å². The number of amides is 1. The van der Waals surface area contributed by atoms with Crippen LogP contribution in [0.1, 0.15) is 23.3 Å². The molecule has 1 aliphatic rings. The van der Waals surface area contributed by atoms with E-state index in [1.165, 1.54) is 25.5 Å². The molecule has 1 unspecified atom stereocenters. The first-order chi connectivity index (χ1) is 11.1. The van der Waals surface area contributed by atoms with Crippen LogP contribution in [0.4, 0.5) is 0 Å². The summed E-state index contributed by atoms with van der Waals surface area (Å²) in [6.45, 7) is 1.11. The predicted octanol–water partition coefficient (Wildman–Crippen LogP) is 0.254. The number of hydrogen-bond donors (Lipinski definition) is 0. The molecule has 0 aromatic carbocycles. The zero-order valence-electron chi connectivity index (χ0n) is 12.8. The number of aromatic nitrogens is 4. The maximum absolute atomic E-state index is 12.5. The molecule has 1 amide bonds. The molecule has 120 valence electrons. The van der Waals surface area contributed by atoms with Gasteiger partial charge in [0.1, 0.15) is 18.1 Å². The van der Waals surface area contributed by atoms with Crippen molar-refractivity contribution in [1.82, 2.24) is 24.6 Å². The molecule has 0 bridgehead atoms. The summed E-state index contributed by atoms with van der Waals surface area (Å²) < 4.78 is 6.95. The Hall–Kier alpha value is -2.77. The van der Waals surface area contributed by atoms with E-state index in [1.54, 1.807) is 17.2 Å². The first kappa shape index (κ1) is 15.1. The van der Waals surface area contributed by atoms with Crippen LogP contribution in [0.15, 0.2) is 35.5 Å². The Morgan fingerprint density at radius 3 is 2.96 bits per heavy atom. The van der Waals surface area contributed by atoms with Crippen molar-refractivity contribution >= 4 is 5.91 Å². The minimum Gasteiger partial charge on any atom is -0.472 e. The summed E-state index contributed by atoms with van der Waals surface area (Å²) in [7, 11) is 1.52. The van der Waals surface area contributed by atoms with Crippen LogP contribution in [-0.2, 0) is 7.05 Å². The smallest absolute Gasteiger partial charge is 0.274 e. The lowest BCUT2D eigenvalue weighted by atomic mass is 10.1. The second kappa shape index (κ2) is 6.55. The number of aryl methyl sites for hydroxylation is 1. The fraction of sp³-hybridized carbons (Fsp3) is 0.400. The van der Waals surface area contributed by atoms with E-state index in [0.717, 1.165) is 17.5 Å². The number of carbonyl (C=O) groups excluding carboxylic acids is 1. The number of likely N-dealkylation sites (tertiary alicyclic amines) is 1. The van der Waals surface area contributed by atoms with Gasteiger partial charge in [0.25, 0.3) is 11.5 Å². The number of nitrogens with zero attached hydrogens (tertiary/aromatic N) is 5. The van der Waals surface area contributed by atoms with Crippen molar-refractivity contribution in [1.29, 1.82) is 0 Å². The van der Waals surface area contributed by atoms with Gasteiger partial charge in [-0.2, -0.15) is 5.10 Å². The van der Waals surface area contributed by atoms with E-state index >= 15 is 0 Å². The third kappa shape index (κ3) is 3.53.